The molecule has 1 aromatic carbocycles. The topological polar surface area (TPSA) is 102 Å². The van der Waals surface area contributed by atoms with Crippen LogP contribution >= 0.6 is 23.2 Å². The predicted octanol–water partition coefficient (Wildman–Crippen LogP) is 5.21. The van der Waals surface area contributed by atoms with Crippen LogP contribution in [0.15, 0.2) is 42.7 Å². The summed E-state index contributed by atoms with van der Waals surface area (Å²) in [5, 5.41) is 18.0. The minimum absolute atomic E-state index is 0.312. The monoisotopic (exact) mass is 511 g/mol. The Bertz CT molecular complexity index is 1300. The van der Waals surface area contributed by atoms with Gasteiger partial charge < -0.3 is 14.8 Å². The molecule has 2 aromatic heterocycles. The molecule has 2 fully saturated rings. The molecule has 0 bridgehead atoms. The first-order valence-electron chi connectivity index (χ1n) is 11.3. The average molecular weight is 512 g/mol. The summed E-state index contributed by atoms with van der Waals surface area (Å²) in [6, 6.07) is 11.2. The lowest BCUT2D eigenvalue weighted by Gasteiger charge is -2.39. The number of amides is 1. The van der Waals surface area contributed by atoms with Gasteiger partial charge in [-0.05, 0) is 50.1 Å². The van der Waals surface area contributed by atoms with E-state index in [9.17, 15) is 10.1 Å². The van der Waals surface area contributed by atoms with Gasteiger partial charge in [0.15, 0.2) is 5.79 Å². The lowest BCUT2D eigenvalue weighted by atomic mass is 9.70. The zero-order valence-electron chi connectivity index (χ0n) is 19.1. The smallest absolute Gasteiger partial charge is 0.259 e. The number of nitrogens with zero attached hydrogens (tertiary/aromatic N) is 4. The van der Waals surface area contributed by atoms with Crippen LogP contribution in [-0.2, 0) is 14.9 Å². The molecule has 0 atom stereocenters. The second kappa shape index (κ2) is 9.25. The van der Waals surface area contributed by atoms with Crippen molar-refractivity contribution in [1.82, 2.24) is 14.8 Å². The van der Waals surface area contributed by atoms with Crippen LogP contribution in [0.4, 0.5) is 5.69 Å². The van der Waals surface area contributed by atoms with E-state index in [1.807, 2.05) is 0 Å². The lowest BCUT2D eigenvalue weighted by Crippen LogP contribution is -2.41. The van der Waals surface area contributed by atoms with E-state index in [0.29, 0.717) is 77.3 Å². The van der Waals surface area contributed by atoms with Crippen molar-refractivity contribution in [2.24, 2.45) is 0 Å². The third-order valence-electron chi connectivity index (χ3n) is 6.81. The van der Waals surface area contributed by atoms with Crippen LogP contribution in [0.2, 0.25) is 10.0 Å². The molecule has 0 radical (unpaired) electrons. The minimum atomic E-state index is -0.694. The molecule has 1 N–H and O–H groups in total. The van der Waals surface area contributed by atoms with Crippen molar-refractivity contribution in [3.63, 3.8) is 0 Å². The van der Waals surface area contributed by atoms with E-state index in [1.54, 1.807) is 48.1 Å². The van der Waals surface area contributed by atoms with Crippen LogP contribution in [0.5, 0.6) is 0 Å². The molecule has 180 valence electrons. The van der Waals surface area contributed by atoms with Gasteiger partial charge in [-0.25, -0.2) is 4.68 Å². The van der Waals surface area contributed by atoms with E-state index in [-0.39, 0.29) is 5.91 Å². The van der Waals surface area contributed by atoms with Crippen molar-refractivity contribution < 1.29 is 14.3 Å². The molecule has 35 heavy (non-hydrogen) atoms. The Hall–Kier alpha value is -2.96. The number of nitrogens with one attached hydrogen (secondary N) is 1. The highest BCUT2D eigenvalue weighted by atomic mass is 35.5. The highest BCUT2D eigenvalue weighted by Gasteiger charge is 2.48. The first-order valence-corrected chi connectivity index (χ1v) is 12.1. The molecule has 1 saturated heterocycles. The Kier molecular flexibility index (Phi) is 6.28. The number of carbonyl (C=O) groups excluding carboxylic acids is 1. The van der Waals surface area contributed by atoms with E-state index in [0.717, 1.165) is 0 Å². The highest BCUT2D eigenvalue weighted by molar-refractivity contribution is 6.42. The van der Waals surface area contributed by atoms with E-state index in [2.05, 4.69) is 21.5 Å². The Morgan fingerprint density at radius 3 is 2.46 bits per heavy atom. The SMILES string of the molecule is Cc1c(C(=O)Nc2ccc(C3(C#N)CCC4(CC3)OCCO4)nc2)cnn1-c1ccc(Cl)c(Cl)c1. The third-order valence-corrected chi connectivity index (χ3v) is 7.55. The van der Waals surface area contributed by atoms with Crippen molar-refractivity contribution in [2.75, 3.05) is 18.5 Å². The Morgan fingerprint density at radius 2 is 1.83 bits per heavy atom. The van der Waals surface area contributed by atoms with Crippen LogP contribution in [0, 0.1) is 18.3 Å². The van der Waals surface area contributed by atoms with Crippen LogP contribution in [-0.4, -0.2) is 39.7 Å². The number of ether oxygens (including phenoxy) is 2. The molecule has 10 heteroatoms. The zero-order chi connectivity index (χ0) is 24.6. The van der Waals surface area contributed by atoms with Gasteiger partial charge in [0.2, 0.25) is 0 Å². The van der Waals surface area contributed by atoms with E-state index in [1.165, 1.54) is 6.20 Å². The molecule has 1 aliphatic carbocycles. The molecule has 8 nitrogen and oxygen atoms in total. The molecular weight excluding hydrogens is 489 g/mol. The Labute approximate surface area is 212 Å². The average Bonchev–Trinajstić information content (AvgIpc) is 3.49. The van der Waals surface area contributed by atoms with Gasteiger partial charge in [-0.15, -0.1) is 0 Å². The molecule has 1 aliphatic heterocycles. The molecular formula is C25H23Cl2N5O3. The van der Waals surface area contributed by atoms with E-state index in [4.69, 9.17) is 32.7 Å². The standard InChI is InChI=1S/C25H23Cl2N5O3/c1-16-19(14-30-32(16)18-3-4-20(26)21(27)12-18)23(33)31-17-2-5-22(29-13-17)24(15-28)6-8-25(9-7-24)34-10-11-35-25/h2-5,12-14H,6-11H2,1H3,(H,31,33). The van der Waals surface area contributed by atoms with Crippen LogP contribution in [0.3, 0.4) is 0 Å². The number of anilines is 1. The first-order chi connectivity index (χ1) is 16.8. The van der Waals surface area contributed by atoms with Crippen LogP contribution in [0.25, 0.3) is 5.69 Å². The Balaban J connectivity index is 1.29. The maximum absolute atomic E-state index is 12.9. The lowest BCUT2D eigenvalue weighted by molar-refractivity contribution is -0.182. The fourth-order valence-electron chi connectivity index (χ4n) is 4.73. The van der Waals surface area contributed by atoms with Crippen molar-refractivity contribution in [2.45, 2.75) is 43.8 Å². The maximum Gasteiger partial charge on any atom is 0.259 e. The number of hydrogen-bond donors (Lipinski definition) is 1. The highest BCUT2D eigenvalue weighted by Crippen LogP contribution is 2.45. The number of carbonyl (C=O) groups is 1. The second-order valence-electron chi connectivity index (χ2n) is 8.84. The summed E-state index contributed by atoms with van der Waals surface area (Å²) in [6.45, 7) is 2.99. The second-order valence-corrected chi connectivity index (χ2v) is 9.66. The van der Waals surface area contributed by atoms with Gasteiger partial charge in [0.05, 0.1) is 75.5 Å². The number of nitriles is 1. The fraction of sp³-hybridized carbons (Fsp3) is 0.360. The summed E-state index contributed by atoms with van der Waals surface area (Å²) in [7, 11) is 0. The summed E-state index contributed by atoms with van der Waals surface area (Å²) in [6.07, 6.45) is 5.61. The van der Waals surface area contributed by atoms with Gasteiger partial charge in [-0.1, -0.05) is 23.2 Å². The Morgan fingerprint density at radius 1 is 1.09 bits per heavy atom. The number of halogens is 2. The van der Waals surface area contributed by atoms with E-state index < -0.39 is 11.2 Å². The molecule has 3 aromatic rings. The van der Waals surface area contributed by atoms with Crippen molar-refractivity contribution in [1.29, 1.82) is 5.26 Å². The quantitative estimate of drug-likeness (QED) is 0.515. The summed E-state index contributed by atoms with van der Waals surface area (Å²) in [4.78, 5) is 17.5. The van der Waals surface area contributed by atoms with Crippen LogP contribution in [0.1, 0.15) is 47.4 Å². The van der Waals surface area contributed by atoms with Gasteiger partial charge >= 0.3 is 0 Å². The largest absolute Gasteiger partial charge is 0.348 e. The number of hydrogen-bond acceptors (Lipinski definition) is 6. The van der Waals surface area contributed by atoms with E-state index >= 15 is 0 Å². The summed E-state index contributed by atoms with van der Waals surface area (Å²) in [5.74, 6) is -0.859. The number of rotatable bonds is 4. The molecule has 5 rings (SSSR count). The molecule has 2 aliphatic rings. The van der Waals surface area contributed by atoms with Gasteiger partial charge in [0, 0.05) is 12.8 Å². The number of aromatic nitrogens is 3. The molecule has 3 heterocycles. The summed E-state index contributed by atoms with van der Waals surface area (Å²) >= 11 is 12.1. The van der Waals surface area contributed by atoms with Crippen molar-refractivity contribution in [3.05, 3.63) is 69.7 Å². The van der Waals surface area contributed by atoms with Crippen molar-refractivity contribution >= 4 is 34.8 Å². The summed E-state index contributed by atoms with van der Waals surface area (Å²) in [5.41, 5.74) is 2.30. The maximum atomic E-state index is 12.9. The molecule has 1 amide bonds. The van der Waals surface area contributed by atoms with Crippen LogP contribution < -0.4 is 5.32 Å². The summed E-state index contributed by atoms with van der Waals surface area (Å²) < 4.78 is 13.2. The molecule has 1 saturated carbocycles. The van der Waals surface area contributed by atoms with Gasteiger partial charge in [0.1, 0.15) is 0 Å². The third kappa shape index (κ3) is 4.41. The molecule has 1 spiro atoms. The first kappa shape index (κ1) is 23.8. The number of benzene rings is 1. The van der Waals surface area contributed by atoms with Gasteiger partial charge in [-0.2, -0.15) is 10.4 Å². The van der Waals surface area contributed by atoms with Crippen molar-refractivity contribution in [3.8, 4) is 11.8 Å². The normalized spacial score (nSPS) is 18.3. The minimum Gasteiger partial charge on any atom is -0.348 e. The van der Waals surface area contributed by atoms with Gasteiger partial charge in [-0.3, -0.25) is 9.78 Å². The number of pyridine rings is 1. The molecule has 0 unspecified atom stereocenters. The van der Waals surface area contributed by atoms with Gasteiger partial charge in [0.25, 0.3) is 5.91 Å². The predicted molar refractivity (Wildman–Crippen MR) is 131 cm³/mol. The zero-order valence-corrected chi connectivity index (χ0v) is 20.6. The fourth-order valence-corrected chi connectivity index (χ4v) is 5.02.